The van der Waals surface area contributed by atoms with Crippen LogP contribution < -0.4 is 9.47 Å². The Labute approximate surface area is 132 Å². The number of carboxylic acids is 1. The van der Waals surface area contributed by atoms with Crippen molar-refractivity contribution >= 4 is 17.0 Å². The van der Waals surface area contributed by atoms with Gasteiger partial charge in [-0.25, -0.2) is 9.78 Å². The molecule has 6 nitrogen and oxygen atoms in total. The molecule has 118 valence electrons. The molecule has 3 aromatic rings. The number of carbonyl (C=O) groups is 1. The van der Waals surface area contributed by atoms with Crippen molar-refractivity contribution in [2.24, 2.45) is 0 Å². The summed E-state index contributed by atoms with van der Waals surface area (Å²) in [5, 5.41) is 9.08. The van der Waals surface area contributed by atoms with Crippen LogP contribution in [0, 0.1) is 0 Å². The summed E-state index contributed by atoms with van der Waals surface area (Å²) >= 11 is 0. The lowest BCUT2D eigenvalue weighted by atomic mass is 10.1. The number of ether oxygens (including phenoxy) is 2. The van der Waals surface area contributed by atoms with Crippen LogP contribution in [0.25, 0.3) is 11.0 Å². The van der Waals surface area contributed by atoms with Crippen molar-refractivity contribution in [1.29, 1.82) is 0 Å². The van der Waals surface area contributed by atoms with Crippen LogP contribution in [0.2, 0.25) is 0 Å². The summed E-state index contributed by atoms with van der Waals surface area (Å²) in [5.74, 6) is 0.313. The first kappa shape index (κ1) is 14.9. The largest absolute Gasteiger partial charge is 0.493 e. The van der Waals surface area contributed by atoms with Gasteiger partial charge in [-0.2, -0.15) is 0 Å². The molecule has 2 aromatic carbocycles. The Morgan fingerprint density at radius 1 is 1.17 bits per heavy atom. The summed E-state index contributed by atoms with van der Waals surface area (Å²) in [5.41, 5.74) is 2.84. The number of benzene rings is 2. The number of aromatic nitrogens is 2. The van der Waals surface area contributed by atoms with Gasteiger partial charge in [-0.15, -0.1) is 0 Å². The van der Waals surface area contributed by atoms with E-state index in [1.807, 2.05) is 22.8 Å². The quantitative estimate of drug-likeness (QED) is 0.784. The third kappa shape index (κ3) is 2.83. The minimum Gasteiger partial charge on any atom is -0.493 e. The first-order valence-corrected chi connectivity index (χ1v) is 7.01. The highest BCUT2D eigenvalue weighted by atomic mass is 16.5. The predicted octanol–water partition coefficient (Wildman–Crippen LogP) is 2.80. The van der Waals surface area contributed by atoms with Crippen molar-refractivity contribution in [3.8, 4) is 11.5 Å². The second kappa shape index (κ2) is 6.00. The molecule has 0 unspecified atom stereocenters. The maximum absolute atomic E-state index is 11.1. The molecule has 6 heteroatoms. The molecule has 0 amide bonds. The summed E-state index contributed by atoms with van der Waals surface area (Å²) < 4.78 is 12.5. The normalized spacial score (nSPS) is 10.7. The molecule has 0 fully saturated rings. The molecule has 0 saturated carbocycles. The topological polar surface area (TPSA) is 73.6 Å². The number of hydrogen-bond donors (Lipinski definition) is 1. The van der Waals surface area contributed by atoms with E-state index in [4.69, 9.17) is 14.6 Å². The average molecular weight is 312 g/mol. The maximum atomic E-state index is 11.1. The zero-order valence-electron chi connectivity index (χ0n) is 12.8. The van der Waals surface area contributed by atoms with Crippen molar-refractivity contribution in [1.82, 2.24) is 9.55 Å². The number of methoxy groups -OCH3 is 2. The molecular weight excluding hydrogens is 296 g/mol. The second-order valence-corrected chi connectivity index (χ2v) is 5.07. The molecule has 0 spiro atoms. The van der Waals surface area contributed by atoms with Gasteiger partial charge < -0.3 is 19.1 Å². The fourth-order valence-electron chi connectivity index (χ4n) is 2.51. The number of aromatic carboxylic acids is 1. The molecule has 0 aliphatic carbocycles. The van der Waals surface area contributed by atoms with Crippen molar-refractivity contribution in [3.05, 3.63) is 53.9 Å². The summed E-state index contributed by atoms with van der Waals surface area (Å²) in [7, 11) is 3.17. The van der Waals surface area contributed by atoms with Crippen LogP contribution in [0.15, 0.2) is 42.7 Å². The van der Waals surface area contributed by atoms with E-state index in [1.165, 1.54) is 0 Å². The Morgan fingerprint density at radius 3 is 2.61 bits per heavy atom. The molecule has 3 rings (SSSR count). The van der Waals surface area contributed by atoms with Gasteiger partial charge in [0.05, 0.1) is 37.1 Å². The van der Waals surface area contributed by atoms with Crippen LogP contribution >= 0.6 is 0 Å². The molecule has 1 heterocycles. The van der Waals surface area contributed by atoms with Gasteiger partial charge in [0, 0.05) is 18.7 Å². The zero-order chi connectivity index (χ0) is 16.4. The lowest BCUT2D eigenvalue weighted by molar-refractivity contribution is 0.0696. The fourth-order valence-corrected chi connectivity index (χ4v) is 2.51. The predicted molar refractivity (Wildman–Crippen MR) is 85.3 cm³/mol. The van der Waals surface area contributed by atoms with E-state index in [9.17, 15) is 4.79 Å². The number of rotatable bonds is 5. The molecule has 0 aliphatic heterocycles. The minimum absolute atomic E-state index is 0.270. The highest BCUT2D eigenvalue weighted by molar-refractivity contribution is 5.87. The van der Waals surface area contributed by atoms with Crippen LogP contribution in [0.1, 0.15) is 15.9 Å². The maximum Gasteiger partial charge on any atom is 0.335 e. The van der Waals surface area contributed by atoms with E-state index in [1.54, 1.807) is 38.7 Å². The monoisotopic (exact) mass is 312 g/mol. The molecule has 0 atom stereocenters. The van der Waals surface area contributed by atoms with Crippen molar-refractivity contribution in [2.75, 3.05) is 14.2 Å². The van der Waals surface area contributed by atoms with Crippen molar-refractivity contribution < 1.29 is 19.4 Å². The van der Waals surface area contributed by atoms with Crippen LogP contribution in [0.4, 0.5) is 0 Å². The Bertz CT molecular complexity index is 870. The molecule has 23 heavy (non-hydrogen) atoms. The number of nitrogens with zero attached hydrogens (tertiary/aromatic N) is 2. The average Bonchev–Trinajstić information content (AvgIpc) is 2.95. The van der Waals surface area contributed by atoms with Gasteiger partial charge in [0.25, 0.3) is 0 Å². The number of imidazole rings is 1. The van der Waals surface area contributed by atoms with Crippen LogP contribution in [-0.2, 0) is 6.54 Å². The number of hydrogen-bond acceptors (Lipinski definition) is 4. The first-order valence-electron chi connectivity index (χ1n) is 7.01. The van der Waals surface area contributed by atoms with Gasteiger partial charge in [0.15, 0.2) is 11.5 Å². The van der Waals surface area contributed by atoms with Crippen LogP contribution in [-0.4, -0.2) is 34.8 Å². The summed E-state index contributed by atoms with van der Waals surface area (Å²) in [6.07, 6.45) is 1.72. The van der Waals surface area contributed by atoms with Gasteiger partial charge in [-0.05, 0) is 17.7 Å². The number of carboxylic acid groups (broad SMARTS) is 1. The molecular formula is C17H16N2O4. The van der Waals surface area contributed by atoms with Gasteiger partial charge in [0.2, 0.25) is 0 Å². The highest BCUT2D eigenvalue weighted by Gasteiger charge is 2.11. The Balaban J connectivity index is 2.00. The molecule has 0 radical (unpaired) electrons. The van der Waals surface area contributed by atoms with Gasteiger partial charge in [0.1, 0.15) is 0 Å². The third-order valence-electron chi connectivity index (χ3n) is 3.65. The van der Waals surface area contributed by atoms with E-state index < -0.39 is 5.97 Å². The zero-order valence-corrected chi connectivity index (χ0v) is 12.8. The molecule has 1 N–H and O–H groups in total. The number of fused-ring (bicyclic) bond motifs is 1. The minimum atomic E-state index is -0.936. The first-order chi connectivity index (χ1) is 11.1. The fraction of sp³-hybridized carbons (Fsp3) is 0.176. The molecule has 1 aromatic heterocycles. The second-order valence-electron chi connectivity index (χ2n) is 5.07. The summed E-state index contributed by atoms with van der Waals surface area (Å²) in [4.78, 5) is 15.4. The molecule has 0 aliphatic rings. The third-order valence-corrected chi connectivity index (χ3v) is 3.65. The van der Waals surface area contributed by atoms with Gasteiger partial charge in [-0.1, -0.05) is 12.1 Å². The smallest absolute Gasteiger partial charge is 0.335 e. The van der Waals surface area contributed by atoms with Crippen molar-refractivity contribution in [3.63, 3.8) is 0 Å². The van der Waals surface area contributed by atoms with E-state index in [0.717, 1.165) is 16.6 Å². The van der Waals surface area contributed by atoms with E-state index in [0.29, 0.717) is 18.0 Å². The Kier molecular flexibility index (Phi) is 3.89. The standard InChI is InChI=1S/C17H16N2O4/c1-22-15-7-13-14(8-16(15)23-2)19(10-18-13)9-11-4-3-5-12(6-11)17(20)21/h3-8,10H,9H2,1-2H3,(H,20,21). The van der Waals surface area contributed by atoms with Crippen LogP contribution in [0.3, 0.4) is 0 Å². The van der Waals surface area contributed by atoms with Crippen molar-refractivity contribution in [2.45, 2.75) is 6.54 Å². The summed E-state index contributed by atoms with van der Waals surface area (Å²) in [6.45, 7) is 0.521. The van der Waals surface area contributed by atoms with E-state index in [-0.39, 0.29) is 5.56 Å². The SMILES string of the molecule is COc1cc2ncn(Cc3cccc(C(=O)O)c3)c2cc1OC. The lowest BCUT2D eigenvalue weighted by Crippen LogP contribution is -2.01. The van der Waals surface area contributed by atoms with Crippen LogP contribution in [0.5, 0.6) is 11.5 Å². The van der Waals surface area contributed by atoms with Gasteiger partial charge >= 0.3 is 5.97 Å². The summed E-state index contributed by atoms with van der Waals surface area (Å²) in [6, 6.07) is 10.5. The molecule has 0 saturated heterocycles. The van der Waals surface area contributed by atoms with Gasteiger partial charge in [-0.3, -0.25) is 0 Å². The molecule has 0 bridgehead atoms. The Morgan fingerprint density at radius 2 is 1.91 bits per heavy atom. The lowest BCUT2D eigenvalue weighted by Gasteiger charge is -2.09. The Hall–Kier alpha value is -3.02. The highest BCUT2D eigenvalue weighted by Crippen LogP contribution is 2.31. The van der Waals surface area contributed by atoms with E-state index in [2.05, 4.69) is 4.98 Å². The van der Waals surface area contributed by atoms with E-state index >= 15 is 0 Å².